The predicted octanol–water partition coefficient (Wildman–Crippen LogP) is 9.54. The van der Waals surface area contributed by atoms with Gasteiger partial charge in [-0.1, -0.05) is 138 Å². The summed E-state index contributed by atoms with van der Waals surface area (Å²) in [7, 11) is -2.68. The highest BCUT2D eigenvalue weighted by Crippen LogP contribution is 2.38. The molecule has 0 saturated heterocycles. The Hall–Kier alpha value is -2.06. The fourth-order valence-electron chi connectivity index (χ4n) is 5.90. The molecule has 0 aliphatic carbocycles. The van der Waals surface area contributed by atoms with Gasteiger partial charge in [0.25, 0.3) is 8.32 Å². The van der Waals surface area contributed by atoms with Crippen LogP contribution in [0.3, 0.4) is 0 Å². The number of ether oxygens (including phenoxy) is 2. The second kappa shape index (κ2) is 18.3. The first kappa shape index (κ1) is 35.8. The van der Waals surface area contributed by atoms with Crippen LogP contribution in [0, 0.1) is 0 Å². The monoisotopic (exact) mass is 750 g/mol. The van der Waals surface area contributed by atoms with E-state index in [0.29, 0.717) is 13.2 Å². The number of rotatable bonds is 18. The van der Waals surface area contributed by atoms with E-state index in [2.05, 4.69) is 162 Å². The Morgan fingerprint density at radius 1 is 0.556 bits per heavy atom. The average molecular weight is 753 g/mol. The lowest BCUT2D eigenvalue weighted by Gasteiger charge is -2.45. The maximum atomic E-state index is 7.52. The van der Waals surface area contributed by atoms with Crippen molar-refractivity contribution in [2.24, 2.45) is 0 Å². The van der Waals surface area contributed by atoms with E-state index < -0.39 is 8.32 Å². The van der Waals surface area contributed by atoms with Gasteiger partial charge in [-0.05, 0) is 89.3 Å². The summed E-state index contributed by atoms with van der Waals surface area (Å²) in [5, 5.41) is 2.53. The molecule has 0 amide bonds. The van der Waals surface area contributed by atoms with Crippen molar-refractivity contribution in [3.63, 3.8) is 0 Å². The molecule has 0 aliphatic heterocycles. The molecule has 240 valence electrons. The fourth-order valence-corrected chi connectivity index (χ4v) is 11.2. The van der Waals surface area contributed by atoms with Gasteiger partial charge in [-0.15, -0.1) is 0 Å². The van der Waals surface area contributed by atoms with Crippen molar-refractivity contribution in [1.29, 1.82) is 0 Å². The molecular weight excluding hydrogens is 704 g/mol. The highest BCUT2D eigenvalue weighted by Gasteiger charge is 2.51. The smallest absolute Gasteiger partial charge is 0.261 e. The molecule has 0 fully saturated rings. The Kier molecular flexibility index (Phi) is 14.6. The summed E-state index contributed by atoms with van der Waals surface area (Å²) in [4.78, 5) is 0. The average Bonchev–Trinajstić information content (AvgIpc) is 3.04. The van der Waals surface area contributed by atoms with Crippen LogP contribution in [0.5, 0.6) is 0 Å². The van der Waals surface area contributed by atoms with Crippen LogP contribution in [0.1, 0.15) is 57.6 Å². The van der Waals surface area contributed by atoms with Crippen LogP contribution in [0.15, 0.2) is 118 Å². The highest BCUT2D eigenvalue weighted by molar-refractivity contribution is 9.10. The van der Waals surface area contributed by atoms with Gasteiger partial charge in [0.1, 0.15) is 0 Å². The van der Waals surface area contributed by atoms with Gasteiger partial charge >= 0.3 is 0 Å². The van der Waals surface area contributed by atoms with Gasteiger partial charge < -0.3 is 13.9 Å². The van der Waals surface area contributed by atoms with E-state index in [1.54, 1.807) is 0 Å². The molecule has 0 spiro atoms. The molecule has 0 unspecified atom stereocenters. The standard InChI is InChI=1S/C39H48Br2O3Si/c1-39(2,3)45(37-14-6-4-7-15-37,38-16-8-5-9-17-38)44-36(26-30-42-28-10-12-32-18-22-34(40)23-19-32)27-31-43-29-11-13-33-20-24-35(41)25-21-33/h4-9,14-25,36H,10-13,26-31H2,1-3H3. The first-order valence-electron chi connectivity index (χ1n) is 16.2. The second-order valence-corrected chi connectivity index (χ2v) is 18.7. The van der Waals surface area contributed by atoms with Crippen LogP contribution in [-0.4, -0.2) is 40.8 Å². The highest BCUT2D eigenvalue weighted by atomic mass is 79.9. The van der Waals surface area contributed by atoms with Crippen LogP contribution in [0.4, 0.5) is 0 Å². The van der Waals surface area contributed by atoms with E-state index in [1.165, 1.54) is 21.5 Å². The first-order chi connectivity index (χ1) is 21.8. The minimum atomic E-state index is -2.68. The molecule has 0 bridgehead atoms. The molecule has 45 heavy (non-hydrogen) atoms. The number of hydrogen-bond donors (Lipinski definition) is 0. The fraction of sp³-hybridized carbons (Fsp3) is 0.385. The van der Waals surface area contributed by atoms with Crippen LogP contribution >= 0.6 is 31.9 Å². The largest absolute Gasteiger partial charge is 0.404 e. The van der Waals surface area contributed by atoms with Gasteiger partial charge in [-0.2, -0.15) is 0 Å². The zero-order valence-electron chi connectivity index (χ0n) is 27.0. The summed E-state index contributed by atoms with van der Waals surface area (Å²) >= 11 is 7.04. The van der Waals surface area contributed by atoms with E-state index in [1.807, 2.05) is 0 Å². The molecule has 0 aliphatic rings. The Bertz CT molecular complexity index is 1280. The number of benzene rings is 4. The molecule has 0 saturated carbocycles. The summed E-state index contributed by atoms with van der Waals surface area (Å²) in [5.74, 6) is 0. The predicted molar refractivity (Wildman–Crippen MR) is 198 cm³/mol. The lowest BCUT2D eigenvalue weighted by molar-refractivity contribution is 0.0566. The SMILES string of the molecule is CC(C)(C)[Si](OC(CCOCCCc1ccc(Br)cc1)CCOCCCc1ccc(Br)cc1)(c1ccccc1)c1ccccc1. The van der Waals surface area contributed by atoms with Crippen LogP contribution in [-0.2, 0) is 26.7 Å². The van der Waals surface area contributed by atoms with Crippen molar-refractivity contribution >= 4 is 50.6 Å². The summed E-state index contributed by atoms with van der Waals surface area (Å²) in [6.45, 7) is 9.86. The van der Waals surface area contributed by atoms with E-state index in [4.69, 9.17) is 13.9 Å². The molecule has 0 N–H and O–H groups in total. The minimum absolute atomic E-state index is 0.0225. The van der Waals surface area contributed by atoms with Crippen molar-refractivity contribution < 1.29 is 13.9 Å². The van der Waals surface area contributed by atoms with E-state index >= 15 is 0 Å². The van der Waals surface area contributed by atoms with Crippen LogP contribution in [0.2, 0.25) is 5.04 Å². The van der Waals surface area contributed by atoms with Crippen molar-refractivity contribution in [3.8, 4) is 0 Å². The Labute approximate surface area is 289 Å². The summed E-state index contributed by atoms with van der Waals surface area (Å²) in [6, 6.07) is 38.9. The summed E-state index contributed by atoms with van der Waals surface area (Å²) in [5.41, 5.74) is 2.68. The number of hydrogen-bond acceptors (Lipinski definition) is 3. The van der Waals surface area contributed by atoms with E-state index in [-0.39, 0.29) is 11.1 Å². The quantitative estimate of drug-likeness (QED) is 0.0749. The Morgan fingerprint density at radius 2 is 0.956 bits per heavy atom. The van der Waals surface area contributed by atoms with Crippen molar-refractivity contribution in [2.45, 2.75) is 70.4 Å². The van der Waals surface area contributed by atoms with Crippen LogP contribution < -0.4 is 10.4 Å². The third-order valence-corrected chi connectivity index (χ3v) is 14.4. The Balaban J connectivity index is 1.41. The van der Waals surface area contributed by atoms with E-state index in [9.17, 15) is 0 Å². The van der Waals surface area contributed by atoms with Crippen molar-refractivity contribution in [1.82, 2.24) is 0 Å². The number of halogens is 2. The molecule has 4 aromatic rings. The first-order valence-corrected chi connectivity index (χ1v) is 19.7. The molecular formula is C39H48Br2O3Si. The minimum Gasteiger partial charge on any atom is -0.404 e. The van der Waals surface area contributed by atoms with E-state index in [0.717, 1.165) is 60.7 Å². The van der Waals surface area contributed by atoms with Gasteiger partial charge in [-0.25, -0.2) is 0 Å². The molecule has 4 rings (SSSR count). The Morgan fingerprint density at radius 3 is 1.33 bits per heavy atom. The van der Waals surface area contributed by atoms with Gasteiger partial charge in [0, 0.05) is 35.4 Å². The van der Waals surface area contributed by atoms with Gasteiger partial charge in [0.05, 0.1) is 6.10 Å². The molecule has 4 aromatic carbocycles. The topological polar surface area (TPSA) is 27.7 Å². The normalized spacial score (nSPS) is 12.1. The molecule has 0 radical (unpaired) electrons. The maximum absolute atomic E-state index is 7.52. The summed E-state index contributed by atoms with van der Waals surface area (Å²) < 4.78 is 22.2. The number of aryl methyl sites for hydroxylation is 2. The molecule has 0 aromatic heterocycles. The third-order valence-electron chi connectivity index (χ3n) is 8.26. The molecule has 3 nitrogen and oxygen atoms in total. The molecule has 0 heterocycles. The zero-order chi connectivity index (χ0) is 32.0. The lowest BCUT2D eigenvalue weighted by atomic mass is 10.1. The van der Waals surface area contributed by atoms with Crippen molar-refractivity contribution in [3.05, 3.63) is 129 Å². The maximum Gasteiger partial charge on any atom is 0.261 e. The zero-order valence-corrected chi connectivity index (χ0v) is 31.2. The van der Waals surface area contributed by atoms with Gasteiger partial charge in [0.2, 0.25) is 0 Å². The van der Waals surface area contributed by atoms with Crippen LogP contribution in [0.25, 0.3) is 0 Å². The second-order valence-electron chi connectivity index (χ2n) is 12.7. The van der Waals surface area contributed by atoms with Gasteiger partial charge in [-0.3, -0.25) is 0 Å². The van der Waals surface area contributed by atoms with Crippen molar-refractivity contribution in [2.75, 3.05) is 26.4 Å². The molecule has 6 heteroatoms. The third kappa shape index (κ3) is 11.0. The van der Waals surface area contributed by atoms with Gasteiger partial charge in [0.15, 0.2) is 0 Å². The lowest BCUT2D eigenvalue weighted by Crippen LogP contribution is -2.67. The summed E-state index contributed by atoms with van der Waals surface area (Å²) in [6.07, 6.45) is 5.74. The molecule has 0 atom stereocenters.